The fourth-order valence-electron chi connectivity index (χ4n) is 2.79. The molecule has 1 saturated heterocycles. The molecule has 1 aromatic heterocycles. The molecular formula is C14H19N5O. The van der Waals surface area contributed by atoms with Crippen molar-refractivity contribution in [3.8, 4) is 5.69 Å². The molecule has 2 aromatic rings. The number of benzene rings is 1. The largest absolute Gasteiger partial charge is 0.381 e. The van der Waals surface area contributed by atoms with Crippen molar-refractivity contribution in [3.05, 3.63) is 36.2 Å². The molecule has 0 saturated carbocycles. The van der Waals surface area contributed by atoms with Gasteiger partial charge in [0.25, 0.3) is 0 Å². The van der Waals surface area contributed by atoms with E-state index in [1.165, 1.54) is 0 Å². The first-order chi connectivity index (χ1) is 9.83. The molecular weight excluding hydrogens is 254 g/mol. The van der Waals surface area contributed by atoms with E-state index < -0.39 is 0 Å². The number of rotatable bonds is 5. The van der Waals surface area contributed by atoms with Gasteiger partial charge in [0, 0.05) is 25.0 Å². The van der Waals surface area contributed by atoms with Crippen LogP contribution in [0.2, 0.25) is 0 Å². The van der Waals surface area contributed by atoms with Gasteiger partial charge in [-0.15, -0.1) is 5.10 Å². The first-order valence-electron chi connectivity index (χ1n) is 6.88. The molecule has 1 fully saturated rings. The van der Waals surface area contributed by atoms with Gasteiger partial charge in [0.1, 0.15) is 0 Å². The Labute approximate surface area is 118 Å². The minimum absolute atomic E-state index is 0.0932. The summed E-state index contributed by atoms with van der Waals surface area (Å²) < 4.78 is 7.40. The summed E-state index contributed by atoms with van der Waals surface area (Å²) in [5.74, 6) is 0.886. The van der Waals surface area contributed by atoms with Crippen molar-refractivity contribution in [3.63, 3.8) is 0 Å². The summed E-state index contributed by atoms with van der Waals surface area (Å²) in [5, 5.41) is 15.4. The van der Waals surface area contributed by atoms with Gasteiger partial charge in [0.05, 0.1) is 12.3 Å². The smallest absolute Gasteiger partial charge is 0.157 e. The Hall–Kier alpha value is -1.79. The molecule has 0 bridgehead atoms. The van der Waals surface area contributed by atoms with Gasteiger partial charge in [-0.3, -0.25) is 0 Å². The van der Waals surface area contributed by atoms with Gasteiger partial charge in [-0.25, -0.2) is 0 Å². The lowest BCUT2D eigenvalue weighted by molar-refractivity contribution is 0.149. The van der Waals surface area contributed by atoms with Crippen LogP contribution in [0.5, 0.6) is 0 Å². The molecule has 106 valence electrons. The topological polar surface area (TPSA) is 64.9 Å². The van der Waals surface area contributed by atoms with Gasteiger partial charge < -0.3 is 10.1 Å². The maximum Gasteiger partial charge on any atom is 0.157 e. The van der Waals surface area contributed by atoms with Gasteiger partial charge in [0.15, 0.2) is 5.82 Å². The molecule has 2 heterocycles. The van der Waals surface area contributed by atoms with E-state index in [1.807, 2.05) is 42.1 Å². The molecule has 6 nitrogen and oxygen atoms in total. The second-order valence-corrected chi connectivity index (χ2v) is 5.35. The molecule has 0 aliphatic carbocycles. The van der Waals surface area contributed by atoms with Gasteiger partial charge >= 0.3 is 0 Å². The number of hydrogen-bond acceptors (Lipinski definition) is 5. The minimum Gasteiger partial charge on any atom is -0.381 e. The van der Waals surface area contributed by atoms with Crippen molar-refractivity contribution in [2.24, 2.45) is 5.41 Å². The predicted molar refractivity (Wildman–Crippen MR) is 74.7 cm³/mol. The fourth-order valence-corrected chi connectivity index (χ4v) is 2.79. The first-order valence-corrected chi connectivity index (χ1v) is 6.88. The van der Waals surface area contributed by atoms with E-state index in [1.54, 1.807) is 0 Å². The van der Waals surface area contributed by atoms with E-state index in [0.717, 1.165) is 44.1 Å². The quantitative estimate of drug-likeness (QED) is 0.874. The number of ether oxygens (including phenoxy) is 1. The Morgan fingerprint density at radius 1 is 1.35 bits per heavy atom. The number of para-hydroxylation sites is 1. The zero-order valence-corrected chi connectivity index (χ0v) is 11.6. The summed E-state index contributed by atoms with van der Waals surface area (Å²) in [6.07, 6.45) is 1.85. The maximum absolute atomic E-state index is 5.59. The summed E-state index contributed by atoms with van der Waals surface area (Å²) in [7, 11) is 1.97. The van der Waals surface area contributed by atoms with Crippen LogP contribution >= 0.6 is 0 Å². The van der Waals surface area contributed by atoms with Crippen LogP contribution in [-0.4, -0.2) is 47.0 Å². The molecule has 20 heavy (non-hydrogen) atoms. The summed E-state index contributed by atoms with van der Waals surface area (Å²) in [6.45, 7) is 2.48. The summed E-state index contributed by atoms with van der Waals surface area (Å²) in [5.41, 5.74) is 1.08. The van der Waals surface area contributed by atoms with Crippen LogP contribution in [0.3, 0.4) is 0 Å². The third-order valence-corrected chi connectivity index (χ3v) is 3.80. The highest BCUT2D eigenvalue weighted by atomic mass is 16.5. The van der Waals surface area contributed by atoms with Crippen LogP contribution in [0.4, 0.5) is 0 Å². The standard InChI is InChI=1S/C14H19N5O/c1-15-10-14(7-8-20-11-14)9-13-16-17-18-19(13)12-5-3-2-4-6-12/h2-6,15H,7-11H2,1H3. The van der Waals surface area contributed by atoms with E-state index >= 15 is 0 Å². The molecule has 0 amide bonds. The van der Waals surface area contributed by atoms with E-state index in [0.29, 0.717) is 0 Å². The highest BCUT2D eigenvalue weighted by Crippen LogP contribution is 2.31. The second kappa shape index (κ2) is 5.68. The molecule has 1 aromatic carbocycles. The number of hydrogen-bond donors (Lipinski definition) is 1. The summed E-state index contributed by atoms with van der Waals surface area (Å²) in [4.78, 5) is 0. The van der Waals surface area contributed by atoms with Gasteiger partial charge in [-0.05, 0) is 36.0 Å². The van der Waals surface area contributed by atoms with Crippen molar-refractivity contribution >= 4 is 0 Å². The molecule has 6 heteroatoms. The van der Waals surface area contributed by atoms with Gasteiger partial charge in [-0.2, -0.15) is 4.68 Å². The SMILES string of the molecule is CNCC1(Cc2nnnn2-c2ccccc2)CCOC1. The molecule has 0 radical (unpaired) electrons. The summed E-state index contributed by atoms with van der Waals surface area (Å²) >= 11 is 0. The van der Waals surface area contributed by atoms with Crippen molar-refractivity contribution in [1.29, 1.82) is 0 Å². The van der Waals surface area contributed by atoms with Crippen LogP contribution in [0.15, 0.2) is 30.3 Å². The third kappa shape index (κ3) is 2.57. The van der Waals surface area contributed by atoms with Gasteiger partial charge in [-0.1, -0.05) is 18.2 Å². The minimum atomic E-state index is 0.0932. The number of nitrogens with zero attached hydrogens (tertiary/aromatic N) is 4. The highest BCUT2D eigenvalue weighted by molar-refractivity contribution is 5.30. The molecule has 3 rings (SSSR count). The second-order valence-electron chi connectivity index (χ2n) is 5.35. The molecule has 0 spiro atoms. The lowest BCUT2D eigenvalue weighted by atomic mass is 9.83. The van der Waals surface area contributed by atoms with E-state index in [9.17, 15) is 0 Å². The van der Waals surface area contributed by atoms with Crippen molar-refractivity contribution in [2.75, 3.05) is 26.8 Å². The highest BCUT2D eigenvalue weighted by Gasteiger charge is 2.36. The summed E-state index contributed by atoms with van der Waals surface area (Å²) in [6, 6.07) is 9.98. The zero-order chi connectivity index (χ0) is 13.8. The van der Waals surface area contributed by atoms with Crippen molar-refractivity contribution in [1.82, 2.24) is 25.5 Å². The van der Waals surface area contributed by atoms with Crippen LogP contribution in [-0.2, 0) is 11.2 Å². The Morgan fingerprint density at radius 2 is 2.20 bits per heavy atom. The molecule has 1 atom stereocenters. The predicted octanol–water partition coefficient (Wildman–Crippen LogP) is 0.831. The van der Waals surface area contributed by atoms with E-state index in [2.05, 4.69) is 20.8 Å². The van der Waals surface area contributed by atoms with Crippen LogP contribution in [0.1, 0.15) is 12.2 Å². The Bertz CT molecular complexity index is 548. The lowest BCUT2D eigenvalue weighted by Crippen LogP contribution is -2.36. The molecule has 1 aliphatic rings. The van der Waals surface area contributed by atoms with E-state index in [4.69, 9.17) is 4.74 Å². The van der Waals surface area contributed by atoms with E-state index in [-0.39, 0.29) is 5.41 Å². The third-order valence-electron chi connectivity index (χ3n) is 3.80. The molecule has 1 aliphatic heterocycles. The normalized spacial score (nSPS) is 22.2. The van der Waals surface area contributed by atoms with Crippen LogP contribution in [0, 0.1) is 5.41 Å². The zero-order valence-electron chi connectivity index (χ0n) is 11.6. The Kier molecular flexibility index (Phi) is 3.75. The van der Waals surface area contributed by atoms with Crippen LogP contribution in [0.25, 0.3) is 5.69 Å². The van der Waals surface area contributed by atoms with Crippen LogP contribution < -0.4 is 5.32 Å². The monoisotopic (exact) mass is 273 g/mol. The first kappa shape index (κ1) is 13.2. The fraction of sp³-hybridized carbons (Fsp3) is 0.500. The van der Waals surface area contributed by atoms with Gasteiger partial charge in [0.2, 0.25) is 0 Å². The molecule has 1 N–H and O–H groups in total. The lowest BCUT2D eigenvalue weighted by Gasteiger charge is -2.26. The van der Waals surface area contributed by atoms with Crippen molar-refractivity contribution in [2.45, 2.75) is 12.8 Å². The average molecular weight is 273 g/mol. The Balaban J connectivity index is 1.86. The Morgan fingerprint density at radius 3 is 2.90 bits per heavy atom. The number of aromatic nitrogens is 4. The van der Waals surface area contributed by atoms with Crippen molar-refractivity contribution < 1.29 is 4.74 Å². The number of tetrazole rings is 1. The average Bonchev–Trinajstić information content (AvgIpc) is 3.11. The maximum atomic E-state index is 5.59. The molecule has 1 unspecified atom stereocenters. The number of nitrogens with one attached hydrogen (secondary N) is 1.